The van der Waals surface area contributed by atoms with Crippen LogP contribution in [-0.4, -0.2) is 45.8 Å². The van der Waals surface area contributed by atoms with Crippen molar-refractivity contribution in [1.82, 2.24) is 20.6 Å². The van der Waals surface area contributed by atoms with Gasteiger partial charge in [-0.3, -0.25) is 14.6 Å². The number of nitroso groups, excluding NO2 is 1. The molecule has 1 aromatic carbocycles. The van der Waals surface area contributed by atoms with E-state index in [0.717, 1.165) is 5.56 Å². The fraction of sp³-hybridized carbons (Fsp3) is 0.368. The van der Waals surface area contributed by atoms with Gasteiger partial charge in [0.25, 0.3) is 5.91 Å². The maximum absolute atomic E-state index is 12.9. The molecule has 10 heteroatoms. The Hall–Kier alpha value is -3.14. The molecule has 152 valence electrons. The van der Waals surface area contributed by atoms with Crippen molar-refractivity contribution in [1.29, 1.82) is 0 Å². The van der Waals surface area contributed by atoms with Crippen LogP contribution in [0.15, 0.2) is 54.0 Å². The van der Waals surface area contributed by atoms with Gasteiger partial charge in [0.15, 0.2) is 0 Å². The summed E-state index contributed by atoms with van der Waals surface area (Å²) in [5.74, 6) is -1.83. The zero-order chi connectivity index (χ0) is 21.2. The Bertz CT molecular complexity index is 807. The molecule has 0 spiro atoms. The molecule has 2 rings (SSSR count). The molecule has 9 nitrogen and oxygen atoms in total. The molecule has 1 aromatic heterocycles. The maximum atomic E-state index is 12.9. The molecule has 0 bridgehead atoms. The summed E-state index contributed by atoms with van der Waals surface area (Å²) in [7, 11) is -1.57. The van der Waals surface area contributed by atoms with Crippen LogP contribution >= 0.6 is 0 Å². The second kappa shape index (κ2) is 11.0. The van der Waals surface area contributed by atoms with E-state index < -0.39 is 30.8 Å². The SMILES string of the molecule is CC(C)C[C@H](NC(=O)C(Cc1ccccc1)NC(=O)c1cnccn1)B(O)N=O. The molecule has 0 aliphatic rings. The maximum Gasteiger partial charge on any atom is 0.506 e. The molecule has 3 N–H and O–H groups in total. The molecule has 1 heterocycles. The van der Waals surface area contributed by atoms with Crippen molar-refractivity contribution in [3.8, 4) is 0 Å². The van der Waals surface area contributed by atoms with Gasteiger partial charge in [-0.25, -0.2) is 4.98 Å². The smallest absolute Gasteiger partial charge is 0.428 e. The van der Waals surface area contributed by atoms with E-state index in [1.54, 1.807) is 0 Å². The minimum absolute atomic E-state index is 0.0756. The first-order valence-electron chi connectivity index (χ1n) is 9.32. The van der Waals surface area contributed by atoms with E-state index in [1.165, 1.54) is 18.6 Å². The second-order valence-corrected chi connectivity index (χ2v) is 7.07. The molecule has 0 saturated heterocycles. The van der Waals surface area contributed by atoms with Crippen molar-refractivity contribution >= 4 is 18.9 Å². The lowest BCUT2D eigenvalue weighted by molar-refractivity contribution is -0.123. The highest BCUT2D eigenvalue weighted by atomic mass is 16.3. The molecule has 0 aliphatic carbocycles. The van der Waals surface area contributed by atoms with E-state index in [4.69, 9.17) is 0 Å². The molecule has 0 aliphatic heterocycles. The predicted molar refractivity (Wildman–Crippen MR) is 109 cm³/mol. The highest BCUT2D eigenvalue weighted by molar-refractivity contribution is 6.50. The van der Waals surface area contributed by atoms with E-state index in [2.05, 4.69) is 25.7 Å². The van der Waals surface area contributed by atoms with E-state index in [-0.39, 0.29) is 18.0 Å². The Balaban J connectivity index is 2.19. The topological polar surface area (TPSA) is 134 Å². The quantitative estimate of drug-likeness (QED) is 0.407. The van der Waals surface area contributed by atoms with Crippen LogP contribution < -0.4 is 10.6 Å². The van der Waals surface area contributed by atoms with Gasteiger partial charge in [0.05, 0.1) is 12.1 Å². The van der Waals surface area contributed by atoms with Gasteiger partial charge in [0.1, 0.15) is 11.7 Å². The van der Waals surface area contributed by atoms with E-state index in [0.29, 0.717) is 6.42 Å². The molecule has 0 saturated carbocycles. The Morgan fingerprint density at radius 2 is 1.90 bits per heavy atom. The first kappa shape index (κ1) is 22.2. The summed E-state index contributed by atoms with van der Waals surface area (Å²) in [5, 5.41) is 17.8. The van der Waals surface area contributed by atoms with Crippen LogP contribution in [0.5, 0.6) is 0 Å². The lowest BCUT2D eigenvalue weighted by atomic mass is 9.71. The van der Waals surface area contributed by atoms with Crippen LogP contribution in [0, 0.1) is 10.8 Å². The van der Waals surface area contributed by atoms with Crippen LogP contribution in [-0.2, 0) is 11.2 Å². The predicted octanol–water partition coefficient (Wildman–Crippen LogP) is 1.13. The van der Waals surface area contributed by atoms with Crippen molar-refractivity contribution in [2.75, 3.05) is 0 Å². The lowest BCUT2D eigenvalue weighted by Gasteiger charge is -2.24. The highest BCUT2D eigenvalue weighted by Crippen LogP contribution is 2.10. The number of carbonyl (C=O) groups excluding carboxylic acids is 2. The number of amides is 2. The van der Waals surface area contributed by atoms with E-state index in [9.17, 15) is 19.5 Å². The third-order valence-electron chi connectivity index (χ3n) is 4.22. The Kier molecular flexibility index (Phi) is 8.41. The van der Waals surface area contributed by atoms with Crippen molar-refractivity contribution in [2.45, 2.75) is 38.7 Å². The third kappa shape index (κ3) is 7.07. The fourth-order valence-corrected chi connectivity index (χ4v) is 2.83. The number of rotatable bonds is 10. The zero-order valence-corrected chi connectivity index (χ0v) is 16.4. The van der Waals surface area contributed by atoms with Crippen molar-refractivity contribution < 1.29 is 14.6 Å². The number of nitrogens with one attached hydrogen (secondary N) is 2. The van der Waals surface area contributed by atoms with Crippen LogP contribution in [0.1, 0.15) is 36.3 Å². The molecule has 0 fully saturated rings. The molecule has 2 aromatic rings. The zero-order valence-electron chi connectivity index (χ0n) is 16.4. The van der Waals surface area contributed by atoms with Crippen LogP contribution in [0.3, 0.4) is 0 Å². The molecule has 29 heavy (non-hydrogen) atoms. The number of aromatic nitrogens is 2. The average Bonchev–Trinajstić information content (AvgIpc) is 2.73. The van der Waals surface area contributed by atoms with Crippen molar-refractivity contribution in [2.24, 2.45) is 11.0 Å². The minimum atomic E-state index is -1.57. The van der Waals surface area contributed by atoms with Gasteiger partial charge in [-0.2, -0.15) is 4.91 Å². The van der Waals surface area contributed by atoms with E-state index in [1.807, 2.05) is 44.2 Å². The van der Waals surface area contributed by atoms with Gasteiger partial charge in [0, 0.05) is 18.8 Å². The number of hydrogen-bond acceptors (Lipinski definition) is 7. The molecule has 2 amide bonds. The summed E-state index contributed by atoms with van der Waals surface area (Å²) in [6, 6.07) is 8.24. The summed E-state index contributed by atoms with van der Waals surface area (Å²) in [6.45, 7) is 3.79. The Labute approximate surface area is 169 Å². The van der Waals surface area contributed by atoms with Gasteiger partial charge >= 0.3 is 7.05 Å². The summed E-state index contributed by atoms with van der Waals surface area (Å²) >= 11 is 0. The fourth-order valence-electron chi connectivity index (χ4n) is 2.83. The van der Waals surface area contributed by atoms with Gasteiger partial charge in [-0.15, -0.1) is 0 Å². The van der Waals surface area contributed by atoms with Gasteiger partial charge in [0.2, 0.25) is 5.91 Å². The van der Waals surface area contributed by atoms with Crippen molar-refractivity contribution in [3.05, 3.63) is 65.1 Å². The van der Waals surface area contributed by atoms with Crippen LogP contribution in [0.4, 0.5) is 0 Å². The van der Waals surface area contributed by atoms with Crippen molar-refractivity contribution in [3.63, 3.8) is 0 Å². The molecular formula is C19H24BN5O4. The standard InChI is InChI=1S/C19H24BN5O4/c1-13(2)10-17(20(28)25-29)24-18(26)15(11-14-6-4-3-5-7-14)23-19(27)16-12-21-8-9-22-16/h3-9,12-13,15,17,28H,10-11H2,1-2H3,(H,23,27)(H,24,26)/t15?,17-/m0/s1. The van der Waals surface area contributed by atoms with Crippen LogP contribution in [0.25, 0.3) is 0 Å². The molecular weight excluding hydrogens is 373 g/mol. The van der Waals surface area contributed by atoms with E-state index >= 15 is 0 Å². The molecule has 0 radical (unpaired) electrons. The Morgan fingerprint density at radius 1 is 1.17 bits per heavy atom. The average molecular weight is 397 g/mol. The van der Waals surface area contributed by atoms with Crippen LogP contribution in [0.2, 0.25) is 0 Å². The van der Waals surface area contributed by atoms with Gasteiger partial charge in [-0.1, -0.05) is 49.3 Å². The normalized spacial score (nSPS) is 12.7. The number of nitrogens with zero attached hydrogens (tertiary/aromatic N) is 3. The summed E-state index contributed by atoms with van der Waals surface area (Å²) in [6.07, 6.45) is 4.70. The van der Waals surface area contributed by atoms with Gasteiger partial charge < -0.3 is 15.7 Å². The summed E-state index contributed by atoms with van der Waals surface area (Å²) in [5.41, 5.74) is 0.910. The second-order valence-electron chi connectivity index (χ2n) is 7.07. The largest absolute Gasteiger partial charge is 0.506 e. The number of carbonyl (C=O) groups is 2. The monoisotopic (exact) mass is 397 g/mol. The molecule has 2 atom stereocenters. The minimum Gasteiger partial charge on any atom is -0.428 e. The number of hydrogen-bond donors (Lipinski definition) is 3. The highest BCUT2D eigenvalue weighted by Gasteiger charge is 2.32. The van der Waals surface area contributed by atoms with Gasteiger partial charge in [-0.05, 0) is 17.9 Å². The first-order chi connectivity index (χ1) is 13.9. The third-order valence-corrected chi connectivity index (χ3v) is 4.22. The summed E-state index contributed by atoms with van der Waals surface area (Å²) in [4.78, 5) is 44.0. The first-order valence-corrected chi connectivity index (χ1v) is 9.32. The lowest BCUT2D eigenvalue weighted by Crippen LogP contribution is -2.54. The summed E-state index contributed by atoms with van der Waals surface area (Å²) < 4.78 is 0. The molecule has 1 unspecified atom stereocenters. The number of benzene rings is 1. The Morgan fingerprint density at radius 3 is 2.48 bits per heavy atom.